The number of rotatable bonds is 24. The molecule has 0 bridgehead atoms. The molecule has 1 nitrogen and oxygen atoms in total. The van der Waals surface area contributed by atoms with E-state index in [0.717, 1.165) is 6.61 Å². The van der Waals surface area contributed by atoms with Crippen LogP contribution in [-0.2, 0) is 4.74 Å². The van der Waals surface area contributed by atoms with E-state index >= 15 is 0 Å². The van der Waals surface area contributed by atoms with E-state index in [-0.39, 0.29) is 5.60 Å². The van der Waals surface area contributed by atoms with Crippen LogP contribution in [0.25, 0.3) is 0 Å². The Hall–Kier alpha value is -0.0400. The number of hydrogen-bond donors (Lipinski definition) is 0. The Morgan fingerprint density at radius 3 is 1.37 bits per heavy atom. The summed E-state index contributed by atoms with van der Waals surface area (Å²) in [6.07, 6.45) is 28.9. The highest BCUT2D eigenvalue weighted by Crippen LogP contribution is 2.28. The Labute approximate surface area is 192 Å². The zero-order valence-corrected chi connectivity index (χ0v) is 22.0. The molecule has 0 heterocycles. The van der Waals surface area contributed by atoms with Crippen molar-refractivity contribution in [2.75, 3.05) is 6.61 Å². The van der Waals surface area contributed by atoms with Gasteiger partial charge in [0, 0.05) is 6.61 Å². The van der Waals surface area contributed by atoms with Crippen LogP contribution < -0.4 is 0 Å². The third kappa shape index (κ3) is 19.9. The lowest BCUT2D eigenvalue weighted by Crippen LogP contribution is -2.31. The van der Waals surface area contributed by atoms with Crippen LogP contribution in [-0.4, -0.2) is 12.2 Å². The smallest absolute Gasteiger partial charge is 0.0654 e. The molecule has 0 amide bonds. The van der Waals surface area contributed by atoms with Gasteiger partial charge in [0.05, 0.1) is 5.60 Å². The average Bonchev–Trinajstić information content (AvgIpc) is 2.74. The summed E-state index contributed by atoms with van der Waals surface area (Å²) in [6.45, 7) is 12.7. The fourth-order valence-corrected chi connectivity index (χ4v) is 4.53. The lowest BCUT2D eigenvalue weighted by Gasteiger charge is -2.32. The molecule has 0 N–H and O–H groups in total. The van der Waals surface area contributed by atoms with Crippen molar-refractivity contribution in [1.82, 2.24) is 0 Å². The Bertz CT molecular complexity index is 326. The summed E-state index contributed by atoms with van der Waals surface area (Å²) in [5, 5.41) is 0. The van der Waals surface area contributed by atoms with Gasteiger partial charge < -0.3 is 4.74 Å². The highest BCUT2D eigenvalue weighted by molar-refractivity contribution is 4.76. The first kappa shape index (κ1) is 30.0. The minimum Gasteiger partial charge on any atom is -0.375 e. The van der Waals surface area contributed by atoms with Gasteiger partial charge in [0.15, 0.2) is 0 Å². The summed E-state index contributed by atoms with van der Waals surface area (Å²) >= 11 is 0. The van der Waals surface area contributed by atoms with Gasteiger partial charge in [-0.15, -0.1) is 0 Å². The van der Waals surface area contributed by atoms with Crippen molar-refractivity contribution < 1.29 is 4.74 Å². The molecule has 0 aromatic rings. The first-order valence-corrected chi connectivity index (χ1v) is 14.2. The molecule has 0 aliphatic heterocycles. The fraction of sp³-hybridized carbons (Fsp3) is 1.00. The first-order chi connectivity index (χ1) is 14.6. The third-order valence-electron chi connectivity index (χ3n) is 6.89. The van der Waals surface area contributed by atoms with Crippen molar-refractivity contribution in [3.8, 4) is 0 Å². The van der Waals surface area contributed by atoms with Crippen LogP contribution in [0.4, 0.5) is 0 Å². The van der Waals surface area contributed by atoms with E-state index in [1.807, 2.05) is 0 Å². The van der Waals surface area contributed by atoms with E-state index in [2.05, 4.69) is 34.6 Å². The van der Waals surface area contributed by atoms with Gasteiger partial charge in [0.2, 0.25) is 0 Å². The van der Waals surface area contributed by atoms with E-state index in [1.165, 1.54) is 135 Å². The van der Waals surface area contributed by atoms with Crippen LogP contribution in [0.5, 0.6) is 0 Å². The zero-order valence-electron chi connectivity index (χ0n) is 22.0. The van der Waals surface area contributed by atoms with Gasteiger partial charge in [-0.3, -0.25) is 0 Å². The number of ether oxygens (including phenoxy) is 1. The van der Waals surface area contributed by atoms with Crippen LogP contribution in [0.2, 0.25) is 0 Å². The second-order valence-corrected chi connectivity index (χ2v) is 10.5. The average molecular weight is 425 g/mol. The van der Waals surface area contributed by atoms with E-state index in [0.29, 0.717) is 5.92 Å². The van der Waals surface area contributed by atoms with Crippen molar-refractivity contribution in [3.63, 3.8) is 0 Å². The highest BCUT2D eigenvalue weighted by atomic mass is 16.5. The molecule has 0 radical (unpaired) electrons. The molecule has 0 saturated heterocycles. The largest absolute Gasteiger partial charge is 0.375 e. The molecule has 30 heavy (non-hydrogen) atoms. The van der Waals surface area contributed by atoms with Crippen LogP contribution >= 0.6 is 0 Å². The van der Waals surface area contributed by atoms with E-state index in [4.69, 9.17) is 4.74 Å². The lowest BCUT2D eigenvalue weighted by atomic mass is 9.91. The number of unbranched alkanes of at least 4 members (excludes halogenated alkanes) is 15. The quantitative estimate of drug-likeness (QED) is 0.140. The second-order valence-electron chi connectivity index (χ2n) is 10.5. The molecular weight excluding hydrogens is 364 g/mol. The second kappa shape index (κ2) is 22.2. The molecule has 0 aliphatic rings. The lowest BCUT2D eigenvalue weighted by molar-refractivity contribution is -0.0608. The molecule has 0 aromatic heterocycles. The van der Waals surface area contributed by atoms with Gasteiger partial charge in [0.25, 0.3) is 0 Å². The Balaban J connectivity index is 4.05. The molecule has 0 aliphatic carbocycles. The molecular formula is C29H60O. The minimum absolute atomic E-state index is 0.117. The SMILES string of the molecule is CCCCCCCCCCC(C)COC(C)(CCCCCC)CCCCCCCC. The van der Waals surface area contributed by atoms with Crippen molar-refractivity contribution in [2.24, 2.45) is 5.92 Å². The summed E-state index contributed by atoms with van der Waals surface area (Å²) in [5.74, 6) is 0.713. The van der Waals surface area contributed by atoms with Crippen molar-refractivity contribution in [1.29, 1.82) is 0 Å². The van der Waals surface area contributed by atoms with Gasteiger partial charge in [0.1, 0.15) is 0 Å². The maximum atomic E-state index is 6.62. The monoisotopic (exact) mass is 424 g/mol. The van der Waals surface area contributed by atoms with Gasteiger partial charge >= 0.3 is 0 Å². The maximum Gasteiger partial charge on any atom is 0.0654 e. The number of hydrogen-bond acceptors (Lipinski definition) is 1. The molecule has 0 rings (SSSR count). The summed E-state index contributed by atoms with van der Waals surface area (Å²) in [4.78, 5) is 0. The Morgan fingerprint density at radius 1 is 0.533 bits per heavy atom. The van der Waals surface area contributed by atoms with Gasteiger partial charge in [-0.25, -0.2) is 0 Å². The summed E-state index contributed by atoms with van der Waals surface area (Å²) in [6, 6.07) is 0. The normalized spacial score (nSPS) is 14.7. The van der Waals surface area contributed by atoms with Crippen LogP contribution in [0, 0.1) is 5.92 Å². The summed E-state index contributed by atoms with van der Waals surface area (Å²) < 4.78 is 6.62. The zero-order chi connectivity index (χ0) is 22.3. The van der Waals surface area contributed by atoms with E-state index in [1.54, 1.807) is 0 Å². The van der Waals surface area contributed by atoms with E-state index < -0.39 is 0 Å². The predicted octanol–water partition coefficient (Wildman–Crippen LogP) is 10.6. The van der Waals surface area contributed by atoms with Gasteiger partial charge in [-0.2, -0.15) is 0 Å². The predicted molar refractivity (Wildman–Crippen MR) is 138 cm³/mol. The van der Waals surface area contributed by atoms with Gasteiger partial charge in [-0.1, -0.05) is 143 Å². The topological polar surface area (TPSA) is 9.23 Å². The Kier molecular flexibility index (Phi) is 22.1. The molecule has 1 heteroatoms. The minimum atomic E-state index is 0.117. The van der Waals surface area contributed by atoms with Crippen molar-refractivity contribution in [3.05, 3.63) is 0 Å². The summed E-state index contributed by atoms with van der Waals surface area (Å²) in [7, 11) is 0. The van der Waals surface area contributed by atoms with Crippen molar-refractivity contribution in [2.45, 2.75) is 175 Å². The van der Waals surface area contributed by atoms with E-state index in [9.17, 15) is 0 Å². The molecule has 0 aromatic carbocycles. The van der Waals surface area contributed by atoms with Crippen LogP contribution in [0.3, 0.4) is 0 Å². The van der Waals surface area contributed by atoms with Crippen LogP contribution in [0.15, 0.2) is 0 Å². The molecule has 0 saturated carbocycles. The van der Waals surface area contributed by atoms with Gasteiger partial charge in [-0.05, 0) is 32.1 Å². The third-order valence-corrected chi connectivity index (χ3v) is 6.89. The molecule has 0 fully saturated rings. The molecule has 2 atom stereocenters. The summed E-state index contributed by atoms with van der Waals surface area (Å²) in [5.41, 5.74) is 0.117. The van der Waals surface area contributed by atoms with Crippen LogP contribution in [0.1, 0.15) is 169 Å². The molecule has 0 spiro atoms. The first-order valence-electron chi connectivity index (χ1n) is 14.2. The molecule has 2 unspecified atom stereocenters. The standard InChI is InChI=1S/C29H60O/c1-6-9-12-15-17-18-19-21-24-28(4)27-30-29(5,25-22-14-11-8-3)26-23-20-16-13-10-7-2/h28H,6-27H2,1-5H3. The Morgan fingerprint density at radius 2 is 0.900 bits per heavy atom. The van der Waals surface area contributed by atoms with Crippen molar-refractivity contribution >= 4 is 0 Å². The fourth-order valence-electron chi connectivity index (χ4n) is 4.53. The highest BCUT2D eigenvalue weighted by Gasteiger charge is 2.24. The molecule has 182 valence electrons. The maximum absolute atomic E-state index is 6.62.